The zero-order chi connectivity index (χ0) is 19.9. The van der Waals surface area contributed by atoms with Gasteiger partial charge in [-0.1, -0.05) is 62.2 Å². The third-order valence-corrected chi connectivity index (χ3v) is 5.28. The number of unbranched alkanes of at least 4 members (excludes halogenated alkanes) is 1. The third kappa shape index (κ3) is 4.60. The van der Waals surface area contributed by atoms with Crippen molar-refractivity contribution in [2.75, 3.05) is 24.5 Å². The summed E-state index contributed by atoms with van der Waals surface area (Å²) in [5.41, 5.74) is 8.65. The Morgan fingerprint density at radius 3 is 2.57 bits per heavy atom. The van der Waals surface area contributed by atoms with Gasteiger partial charge in [0, 0.05) is 25.2 Å². The lowest BCUT2D eigenvalue weighted by atomic mass is 10.0. The Balaban J connectivity index is 1.84. The SMILES string of the molecule is CCCC[C@H]1CN(c2cccc(-c3ccccc3)c2)C(=O)CN1C(=O)CCN. The van der Waals surface area contributed by atoms with Crippen molar-refractivity contribution in [1.82, 2.24) is 4.90 Å². The molecule has 5 nitrogen and oxygen atoms in total. The summed E-state index contributed by atoms with van der Waals surface area (Å²) in [5, 5.41) is 0. The number of nitrogens with zero attached hydrogens (tertiary/aromatic N) is 2. The van der Waals surface area contributed by atoms with Crippen molar-refractivity contribution in [3.05, 3.63) is 54.6 Å². The fraction of sp³-hybridized carbons (Fsp3) is 0.391. The lowest BCUT2D eigenvalue weighted by Gasteiger charge is -2.41. The zero-order valence-corrected chi connectivity index (χ0v) is 16.5. The van der Waals surface area contributed by atoms with Crippen molar-refractivity contribution in [1.29, 1.82) is 0 Å². The standard InChI is InChI=1S/C23H29N3O2/c1-2-3-11-21-16-25(23(28)17-26(21)22(27)13-14-24)20-12-7-10-19(15-20)18-8-5-4-6-9-18/h4-10,12,15,21H,2-3,11,13-14,16-17,24H2,1H3/t21-/m0/s1. The zero-order valence-electron chi connectivity index (χ0n) is 16.5. The molecule has 0 radical (unpaired) electrons. The van der Waals surface area contributed by atoms with E-state index < -0.39 is 0 Å². The highest BCUT2D eigenvalue weighted by Gasteiger charge is 2.34. The summed E-state index contributed by atoms with van der Waals surface area (Å²) in [6.07, 6.45) is 3.28. The molecular weight excluding hydrogens is 350 g/mol. The maximum Gasteiger partial charge on any atom is 0.246 e. The summed E-state index contributed by atoms with van der Waals surface area (Å²) in [6, 6.07) is 18.2. The molecule has 28 heavy (non-hydrogen) atoms. The molecule has 1 aliphatic rings. The molecule has 0 unspecified atom stereocenters. The first kappa shape index (κ1) is 20.1. The first-order valence-electron chi connectivity index (χ1n) is 10.1. The molecule has 2 N–H and O–H groups in total. The van der Waals surface area contributed by atoms with Crippen molar-refractivity contribution in [2.24, 2.45) is 5.73 Å². The van der Waals surface area contributed by atoms with Crippen LogP contribution in [0.5, 0.6) is 0 Å². The Labute approximate surface area is 167 Å². The number of rotatable bonds is 7. The number of carbonyl (C=O) groups excluding carboxylic acids is 2. The van der Waals surface area contributed by atoms with E-state index >= 15 is 0 Å². The second-order valence-electron chi connectivity index (χ2n) is 7.28. The Kier molecular flexibility index (Phi) is 6.82. The second-order valence-corrected chi connectivity index (χ2v) is 7.28. The molecule has 0 aromatic heterocycles. The summed E-state index contributed by atoms with van der Waals surface area (Å²) in [5.74, 6) is -0.0574. The lowest BCUT2D eigenvalue weighted by molar-refractivity contribution is -0.139. The van der Waals surface area contributed by atoms with E-state index in [4.69, 9.17) is 5.73 Å². The van der Waals surface area contributed by atoms with Crippen molar-refractivity contribution >= 4 is 17.5 Å². The van der Waals surface area contributed by atoms with Gasteiger partial charge in [0.25, 0.3) is 0 Å². The van der Waals surface area contributed by atoms with Gasteiger partial charge in [-0.15, -0.1) is 0 Å². The normalized spacial score (nSPS) is 17.1. The summed E-state index contributed by atoms with van der Waals surface area (Å²) >= 11 is 0. The minimum atomic E-state index is -0.0386. The van der Waals surface area contributed by atoms with E-state index in [2.05, 4.69) is 31.2 Å². The van der Waals surface area contributed by atoms with Gasteiger partial charge in [0.1, 0.15) is 6.54 Å². The minimum absolute atomic E-state index is 0.0189. The highest BCUT2D eigenvalue weighted by atomic mass is 16.2. The Morgan fingerprint density at radius 2 is 1.86 bits per heavy atom. The molecule has 1 fully saturated rings. The predicted octanol–water partition coefficient (Wildman–Crippen LogP) is 3.44. The summed E-state index contributed by atoms with van der Waals surface area (Å²) < 4.78 is 0. The van der Waals surface area contributed by atoms with Gasteiger partial charge in [-0.3, -0.25) is 9.59 Å². The smallest absolute Gasteiger partial charge is 0.246 e. The maximum atomic E-state index is 12.9. The molecule has 0 bridgehead atoms. The van der Waals surface area contributed by atoms with Gasteiger partial charge < -0.3 is 15.5 Å². The molecule has 148 valence electrons. The number of anilines is 1. The van der Waals surface area contributed by atoms with E-state index in [1.165, 1.54) is 0 Å². The van der Waals surface area contributed by atoms with Gasteiger partial charge in [0.15, 0.2) is 0 Å². The third-order valence-electron chi connectivity index (χ3n) is 5.28. The second kappa shape index (κ2) is 9.51. The molecule has 5 heteroatoms. The molecule has 2 aromatic rings. The molecule has 2 amide bonds. The van der Waals surface area contributed by atoms with Crippen LogP contribution in [0.4, 0.5) is 5.69 Å². The van der Waals surface area contributed by atoms with Crippen LogP contribution in [-0.4, -0.2) is 42.4 Å². The Morgan fingerprint density at radius 1 is 1.11 bits per heavy atom. The highest BCUT2D eigenvalue weighted by Crippen LogP contribution is 2.28. The lowest BCUT2D eigenvalue weighted by Crippen LogP contribution is -2.58. The van der Waals surface area contributed by atoms with Gasteiger partial charge in [-0.05, 0) is 29.7 Å². The average Bonchev–Trinajstić information content (AvgIpc) is 2.73. The summed E-state index contributed by atoms with van der Waals surface area (Å²) in [6.45, 7) is 3.12. The van der Waals surface area contributed by atoms with Gasteiger partial charge in [0.05, 0.1) is 6.04 Å². The van der Waals surface area contributed by atoms with E-state index in [0.717, 1.165) is 36.1 Å². The van der Waals surface area contributed by atoms with E-state index in [1.807, 2.05) is 35.2 Å². The molecule has 0 saturated carbocycles. The van der Waals surface area contributed by atoms with Crippen molar-refractivity contribution in [2.45, 2.75) is 38.6 Å². The number of carbonyl (C=O) groups is 2. The quantitative estimate of drug-likeness (QED) is 0.801. The van der Waals surface area contributed by atoms with Crippen LogP contribution in [0.25, 0.3) is 11.1 Å². The number of nitrogens with two attached hydrogens (primary N) is 1. The number of piperazine rings is 1. The fourth-order valence-corrected chi connectivity index (χ4v) is 3.75. The largest absolute Gasteiger partial charge is 0.330 e. The van der Waals surface area contributed by atoms with Gasteiger partial charge in [-0.2, -0.15) is 0 Å². The summed E-state index contributed by atoms with van der Waals surface area (Å²) in [4.78, 5) is 28.9. The topological polar surface area (TPSA) is 66.6 Å². The van der Waals surface area contributed by atoms with Crippen LogP contribution in [-0.2, 0) is 9.59 Å². The molecule has 1 heterocycles. The average molecular weight is 380 g/mol. The van der Waals surface area contributed by atoms with E-state index in [0.29, 0.717) is 19.5 Å². The molecule has 1 atom stereocenters. The molecule has 1 aliphatic heterocycles. The molecular formula is C23H29N3O2. The number of benzene rings is 2. The van der Waals surface area contributed by atoms with E-state index in [9.17, 15) is 9.59 Å². The fourth-order valence-electron chi connectivity index (χ4n) is 3.75. The number of amides is 2. The maximum absolute atomic E-state index is 12.9. The molecule has 1 saturated heterocycles. The van der Waals surface area contributed by atoms with E-state index in [1.54, 1.807) is 4.90 Å². The van der Waals surface area contributed by atoms with Gasteiger partial charge in [0.2, 0.25) is 11.8 Å². The van der Waals surface area contributed by atoms with Crippen LogP contribution in [0.1, 0.15) is 32.6 Å². The Hall–Kier alpha value is -2.66. The minimum Gasteiger partial charge on any atom is -0.330 e. The first-order chi connectivity index (χ1) is 13.6. The first-order valence-corrected chi connectivity index (χ1v) is 10.1. The van der Waals surface area contributed by atoms with Crippen LogP contribution in [0.15, 0.2) is 54.6 Å². The van der Waals surface area contributed by atoms with Crippen LogP contribution >= 0.6 is 0 Å². The van der Waals surface area contributed by atoms with E-state index in [-0.39, 0.29) is 24.4 Å². The van der Waals surface area contributed by atoms with Gasteiger partial charge >= 0.3 is 0 Å². The summed E-state index contributed by atoms with van der Waals surface area (Å²) in [7, 11) is 0. The monoisotopic (exact) mass is 379 g/mol. The van der Waals surface area contributed by atoms with Crippen molar-refractivity contribution in [3.63, 3.8) is 0 Å². The highest BCUT2D eigenvalue weighted by molar-refractivity contribution is 5.98. The predicted molar refractivity (Wildman–Crippen MR) is 113 cm³/mol. The van der Waals surface area contributed by atoms with Crippen LogP contribution in [0, 0.1) is 0 Å². The molecule has 0 spiro atoms. The van der Waals surface area contributed by atoms with Crippen molar-refractivity contribution < 1.29 is 9.59 Å². The van der Waals surface area contributed by atoms with Gasteiger partial charge in [-0.25, -0.2) is 0 Å². The Bertz CT molecular complexity index is 807. The molecule has 3 rings (SSSR count). The van der Waals surface area contributed by atoms with Crippen LogP contribution in [0.3, 0.4) is 0 Å². The van der Waals surface area contributed by atoms with Crippen molar-refractivity contribution in [3.8, 4) is 11.1 Å². The molecule has 0 aliphatic carbocycles. The number of hydrogen-bond donors (Lipinski definition) is 1. The van der Waals surface area contributed by atoms with Crippen LogP contribution in [0.2, 0.25) is 0 Å². The molecule has 2 aromatic carbocycles. The number of hydrogen-bond acceptors (Lipinski definition) is 3. The van der Waals surface area contributed by atoms with Crippen LogP contribution < -0.4 is 10.6 Å².